The number of hydrogen-bond donors (Lipinski definition) is 2. The number of hydrazone groups is 1. The molecule has 0 saturated heterocycles. The first-order valence-electron chi connectivity index (χ1n) is 6.77. The van der Waals surface area contributed by atoms with E-state index in [1.807, 2.05) is 25.1 Å². The van der Waals surface area contributed by atoms with Gasteiger partial charge in [0.15, 0.2) is 0 Å². The molecule has 0 unspecified atom stereocenters. The van der Waals surface area contributed by atoms with Gasteiger partial charge in [-0.15, -0.1) is 0 Å². The van der Waals surface area contributed by atoms with E-state index in [-0.39, 0.29) is 5.91 Å². The van der Waals surface area contributed by atoms with Crippen LogP contribution in [0.25, 0.3) is 0 Å². The molecule has 0 saturated carbocycles. The van der Waals surface area contributed by atoms with E-state index >= 15 is 0 Å². The first kappa shape index (κ1) is 15.0. The summed E-state index contributed by atoms with van der Waals surface area (Å²) in [7, 11) is 0. The number of carbonyl (C=O) groups is 1. The largest absolute Gasteiger partial charge is 0.330 e. The van der Waals surface area contributed by atoms with E-state index in [0.717, 1.165) is 34.4 Å². The van der Waals surface area contributed by atoms with E-state index in [2.05, 4.69) is 26.5 Å². The summed E-state index contributed by atoms with van der Waals surface area (Å²) >= 11 is 3.47. The van der Waals surface area contributed by atoms with Crippen LogP contribution in [0.15, 0.2) is 27.8 Å². The van der Waals surface area contributed by atoms with Gasteiger partial charge in [-0.2, -0.15) is 5.10 Å². The van der Waals surface area contributed by atoms with Crippen LogP contribution >= 0.6 is 15.9 Å². The van der Waals surface area contributed by atoms with E-state index in [1.165, 1.54) is 0 Å². The predicted molar refractivity (Wildman–Crippen MR) is 85.0 cm³/mol. The van der Waals surface area contributed by atoms with E-state index in [9.17, 15) is 4.79 Å². The van der Waals surface area contributed by atoms with Gasteiger partial charge in [0.2, 0.25) is 5.91 Å². The van der Waals surface area contributed by atoms with Gasteiger partial charge in [0, 0.05) is 23.1 Å². The summed E-state index contributed by atoms with van der Waals surface area (Å²) < 4.78 is 0.980. The summed E-state index contributed by atoms with van der Waals surface area (Å²) in [6.45, 7) is 3.94. The quantitative estimate of drug-likeness (QED) is 0.805. The summed E-state index contributed by atoms with van der Waals surface area (Å²) in [5.41, 5.74) is 11.2. The maximum absolute atomic E-state index is 12.3. The molecule has 1 aliphatic rings. The predicted octanol–water partition coefficient (Wildman–Crippen LogP) is 1.85. The van der Waals surface area contributed by atoms with Crippen LogP contribution in [0, 0.1) is 0 Å². The molecule has 6 heteroatoms. The van der Waals surface area contributed by atoms with Crippen LogP contribution in [-0.2, 0) is 4.79 Å². The van der Waals surface area contributed by atoms with E-state index in [4.69, 9.17) is 5.73 Å². The van der Waals surface area contributed by atoms with Crippen molar-refractivity contribution in [3.8, 4) is 0 Å². The van der Waals surface area contributed by atoms with Crippen molar-refractivity contribution in [1.82, 2.24) is 5.43 Å². The fourth-order valence-corrected chi connectivity index (χ4v) is 2.57. The Morgan fingerprint density at radius 2 is 2.30 bits per heavy atom. The van der Waals surface area contributed by atoms with Crippen molar-refractivity contribution in [2.24, 2.45) is 10.8 Å². The monoisotopic (exact) mass is 338 g/mol. The molecule has 0 bridgehead atoms. The van der Waals surface area contributed by atoms with Gasteiger partial charge in [0.1, 0.15) is 0 Å². The van der Waals surface area contributed by atoms with Gasteiger partial charge < -0.3 is 16.1 Å². The lowest BCUT2D eigenvalue weighted by molar-refractivity contribution is -0.117. The van der Waals surface area contributed by atoms with Crippen molar-refractivity contribution in [3.63, 3.8) is 0 Å². The summed E-state index contributed by atoms with van der Waals surface area (Å²) in [4.78, 5) is 14.1. The first-order valence-corrected chi connectivity index (χ1v) is 7.56. The molecular weight excluding hydrogens is 320 g/mol. The minimum Gasteiger partial charge on any atom is -0.330 e. The highest BCUT2D eigenvalue weighted by Crippen LogP contribution is 2.30. The molecule has 0 aromatic heterocycles. The second kappa shape index (κ2) is 6.85. The van der Waals surface area contributed by atoms with Crippen LogP contribution in [-0.4, -0.2) is 31.3 Å². The van der Waals surface area contributed by atoms with E-state index < -0.39 is 0 Å². The Kier molecular flexibility index (Phi) is 5.14. The highest BCUT2D eigenvalue weighted by molar-refractivity contribution is 9.10. The molecule has 0 spiro atoms. The molecule has 1 amide bonds. The number of carbonyl (C=O) groups excluding carboxylic acids is 1. The van der Waals surface area contributed by atoms with Crippen LogP contribution < -0.4 is 16.1 Å². The first-order chi connectivity index (χ1) is 9.67. The summed E-state index contributed by atoms with van der Waals surface area (Å²) in [5, 5.41) is 4.32. The standard InChI is InChI=1S/C14H19BrN4O/c1-2-17-18-12-9-14(20)19(7-3-6-16)13-5-4-10(15)8-11(12)13/h4-5,8,17H,2-3,6-7,9,16H2,1H3/b18-12+. The molecule has 0 atom stereocenters. The lowest BCUT2D eigenvalue weighted by atomic mass is 9.99. The van der Waals surface area contributed by atoms with Gasteiger partial charge in [-0.25, -0.2) is 0 Å². The van der Waals surface area contributed by atoms with Crippen LogP contribution in [0.1, 0.15) is 25.3 Å². The second-order valence-corrected chi connectivity index (χ2v) is 5.51. The fraction of sp³-hybridized carbons (Fsp3) is 0.429. The Morgan fingerprint density at radius 1 is 1.50 bits per heavy atom. The SMILES string of the molecule is CCN/N=C1\CC(=O)N(CCCN)c2ccc(Br)cc21. The highest BCUT2D eigenvalue weighted by atomic mass is 79.9. The number of halogens is 1. The molecule has 1 aromatic carbocycles. The maximum Gasteiger partial charge on any atom is 0.233 e. The zero-order valence-corrected chi connectivity index (χ0v) is 13.1. The van der Waals surface area contributed by atoms with Gasteiger partial charge in [0.05, 0.1) is 17.8 Å². The number of benzene rings is 1. The third-order valence-corrected chi connectivity index (χ3v) is 3.63. The number of amides is 1. The fourth-order valence-electron chi connectivity index (χ4n) is 2.21. The molecule has 5 nitrogen and oxygen atoms in total. The number of nitrogens with two attached hydrogens (primary N) is 1. The van der Waals surface area contributed by atoms with Gasteiger partial charge in [-0.1, -0.05) is 15.9 Å². The van der Waals surface area contributed by atoms with Crippen molar-refractivity contribution in [1.29, 1.82) is 0 Å². The van der Waals surface area contributed by atoms with Crippen LogP contribution in [0.4, 0.5) is 5.69 Å². The molecule has 20 heavy (non-hydrogen) atoms. The van der Waals surface area contributed by atoms with Crippen molar-refractivity contribution in [2.75, 3.05) is 24.5 Å². The number of nitrogens with zero attached hydrogens (tertiary/aromatic N) is 2. The molecule has 108 valence electrons. The van der Waals surface area contributed by atoms with Gasteiger partial charge in [-0.3, -0.25) is 4.79 Å². The molecule has 0 aliphatic carbocycles. The molecule has 0 fully saturated rings. The average molecular weight is 339 g/mol. The van der Waals surface area contributed by atoms with Crippen molar-refractivity contribution in [3.05, 3.63) is 28.2 Å². The lowest BCUT2D eigenvalue weighted by Gasteiger charge is -2.30. The lowest BCUT2D eigenvalue weighted by Crippen LogP contribution is -2.39. The Labute approximate surface area is 127 Å². The third-order valence-electron chi connectivity index (χ3n) is 3.14. The van der Waals surface area contributed by atoms with Gasteiger partial charge >= 0.3 is 0 Å². The normalized spacial score (nSPS) is 16.4. The number of hydrogen-bond acceptors (Lipinski definition) is 4. The minimum absolute atomic E-state index is 0.0740. The Balaban J connectivity index is 2.40. The summed E-state index contributed by atoms with van der Waals surface area (Å²) in [5.74, 6) is 0.0740. The van der Waals surface area contributed by atoms with E-state index in [1.54, 1.807) is 4.90 Å². The average Bonchev–Trinajstić information content (AvgIpc) is 2.44. The molecule has 2 rings (SSSR count). The van der Waals surface area contributed by atoms with E-state index in [0.29, 0.717) is 19.5 Å². The molecule has 3 N–H and O–H groups in total. The third kappa shape index (κ3) is 3.19. The Bertz CT molecular complexity index is 530. The molecular formula is C14H19BrN4O. The number of fused-ring (bicyclic) bond motifs is 1. The zero-order chi connectivity index (χ0) is 14.5. The van der Waals surface area contributed by atoms with Gasteiger partial charge in [0.25, 0.3) is 0 Å². The van der Waals surface area contributed by atoms with Crippen molar-refractivity contribution < 1.29 is 4.79 Å². The van der Waals surface area contributed by atoms with Crippen LogP contribution in [0.3, 0.4) is 0 Å². The highest BCUT2D eigenvalue weighted by Gasteiger charge is 2.28. The Hall–Kier alpha value is -1.40. The van der Waals surface area contributed by atoms with Crippen molar-refractivity contribution >= 4 is 33.2 Å². The maximum atomic E-state index is 12.3. The van der Waals surface area contributed by atoms with Crippen LogP contribution in [0.2, 0.25) is 0 Å². The molecule has 0 radical (unpaired) electrons. The topological polar surface area (TPSA) is 70.7 Å². The molecule has 1 aliphatic heterocycles. The van der Waals surface area contributed by atoms with Crippen LogP contribution in [0.5, 0.6) is 0 Å². The second-order valence-electron chi connectivity index (χ2n) is 4.60. The summed E-state index contributed by atoms with van der Waals surface area (Å²) in [6, 6.07) is 5.90. The van der Waals surface area contributed by atoms with Crippen molar-refractivity contribution in [2.45, 2.75) is 19.8 Å². The van der Waals surface area contributed by atoms with Gasteiger partial charge in [-0.05, 0) is 38.1 Å². The Morgan fingerprint density at radius 3 is 3.00 bits per heavy atom. The molecule has 1 aromatic rings. The number of anilines is 1. The molecule has 1 heterocycles. The number of nitrogens with one attached hydrogen (secondary N) is 1. The smallest absolute Gasteiger partial charge is 0.233 e. The number of rotatable bonds is 5. The minimum atomic E-state index is 0.0740. The summed E-state index contributed by atoms with van der Waals surface area (Å²) in [6.07, 6.45) is 1.11. The zero-order valence-electron chi connectivity index (χ0n) is 11.5.